The predicted molar refractivity (Wildman–Crippen MR) is 68.3 cm³/mol. The average Bonchev–Trinajstić information content (AvgIpc) is 2.93. The van der Waals surface area contributed by atoms with Crippen LogP contribution in [0.15, 0.2) is 0 Å². The molecule has 1 aliphatic heterocycles. The van der Waals surface area contributed by atoms with Crippen LogP contribution in [0.25, 0.3) is 0 Å². The van der Waals surface area contributed by atoms with Crippen molar-refractivity contribution in [2.24, 2.45) is 11.8 Å². The number of rotatable bonds is 2. The Morgan fingerprint density at radius 3 is 2.26 bits per heavy atom. The third-order valence-corrected chi connectivity index (χ3v) is 4.77. The molecule has 1 N–H and O–H groups in total. The number of hydrogen-bond acceptors (Lipinski definition) is 2. The van der Waals surface area contributed by atoms with Crippen molar-refractivity contribution in [3.63, 3.8) is 0 Å². The molecule has 9 heteroatoms. The highest BCUT2D eigenvalue weighted by Gasteiger charge is 2.50. The van der Waals surface area contributed by atoms with Crippen LogP contribution in [0.3, 0.4) is 0 Å². The first kappa shape index (κ1) is 18.4. The van der Waals surface area contributed by atoms with Gasteiger partial charge >= 0.3 is 12.4 Å². The first-order valence-electron chi connectivity index (χ1n) is 7.63. The topological polar surface area (TPSA) is 40.5 Å². The molecule has 1 saturated heterocycles. The van der Waals surface area contributed by atoms with Crippen LogP contribution in [0.5, 0.6) is 0 Å². The summed E-state index contributed by atoms with van der Waals surface area (Å²) in [6, 6.07) is -1.39. The fraction of sp³-hybridized carbons (Fsp3) is 0.929. The van der Waals surface area contributed by atoms with Crippen molar-refractivity contribution in [1.82, 2.24) is 4.90 Å². The number of aliphatic hydroxyl groups excluding tert-OH is 1. The number of aliphatic hydroxyl groups is 1. The molecule has 134 valence electrons. The average molecular weight is 347 g/mol. The molecular weight excluding hydrogens is 328 g/mol. The summed E-state index contributed by atoms with van der Waals surface area (Å²) in [4.78, 5) is 13.3. The van der Waals surface area contributed by atoms with Crippen LogP contribution in [-0.2, 0) is 4.79 Å². The molecule has 0 spiro atoms. The van der Waals surface area contributed by atoms with Crippen LogP contribution in [0.4, 0.5) is 26.3 Å². The van der Waals surface area contributed by atoms with Gasteiger partial charge in [0.15, 0.2) is 6.10 Å². The molecule has 0 aromatic heterocycles. The number of likely N-dealkylation sites (tertiary alicyclic amines) is 1. The van der Waals surface area contributed by atoms with Gasteiger partial charge in [0.05, 0.1) is 12.0 Å². The number of hydrogen-bond donors (Lipinski definition) is 1. The van der Waals surface area contributed by atoms with Gasteiger partial charge in [-0.1, -0.05) is 6.42 Å². The van der Waals surface area contributed by atoms with Crippen molar-refractivity contribution in [1.29, 1.82) is 0 Å². The van der Waals surface area contributed by atoms with E-state index in [0.717, 1.165) is 4.90 Å². The van der Waals surface area contributed by atoms with E-state index in [1.165, 1.54) is 0 Å². The van der Waals surface area contributed by atoms with E-state index < -0.39 is 42.2 Å². The Bertz CT molecular complexity index is 436. The van der Waals surface area contributed by atoms with Crippen LogP contribution in [0.1, 0.15) is 38.5 Å². The van der Waals surface area contributed by atoms with Crippen LogP contribution in [-0.4, -0.2) is 47.0 Å². The van der Waals surface area contributed by atoms with E-state index in [4.69, 9.17) is 0 Å². The van der Waals surface area contributed by atoms with Gasteiger partial charge in [-0.3, -0.25) is 4.79 Å². The molecule has 0 aromatic carbocycles. The standard InChI is InChI=1S/C14H19F6NO2/c15-13(16,17)9-4-1-3-8(7-9)12(23)21-6-2-5-10(21)11(22)14(18,19)20/h8-11,22H,1-7H2/t8-,9+,10-,11+/m1/s1. The molecule has 0 aromatic rings. The maximum atomic E-state index is 12.8. The van der Waals surface area contributed by atoms with Crippen molar-refractivity contribution in [2.75, 3.05) is 6.54 Å². The normalized spacial score (nSPS) is 31.3. The van der Waals surface area contributed by atoms with Crippen molar-refractivity contribution < 1.29 is 36.2 Å². The minimum absolute atomic E-state index is 0.00182. The highest BCUT2D eigenvalue weighted by molar-refractivity contribution is 5.79. The SMILES string of the molecule is O=C([C@@H]1CCC[C@H](C(F)(F)F)C1)N1CCC[C@@H]1[C@H](O)C(F)(F)F. The highest BCUT2D eigenvalue weighted by Crippen LogP contribution is 2.41. The second-order valence-corrected chi connectivity index (χ2v) is 6.33. The lowest BCUT2D eigenvalue weighted by atomic mass is 9.80. The Hall–Kier alpha value is -0.990. The zero-order valence-electron chi connectivity index (χ0n) is 12.3. The lowest BCUT2D eigenvalue weighted by molar-refractivity contribution is -0.219. The quantitative estimate of drug-likeness (QED) is 0.779. The summed E-state index contributed by atoms with van der Waals surface area (Å²) in [7, 11) is 0. The molecule has 0 bridgehead atoms. The van der Waals surface area contributed by atoms with E-state index in [-0.39, 0.29) is 38.6 Å². The van der Waals surface area contributed by atoms with Crippen molar-refractivity contribution in [3.8, 4) is 0 Å². The van der Waals surface area contributed by atoms with Crippen LogP contribution >= 0.6 is 0 Å². The van der Waals surface area contributed by atoms with E-state index in [1.54, 1.807) is 0 Å². The van der Waals surface area contributed by atoms with Crippen LogP contribution in [0.2, 0.25) is 0 Å². The van der Waals surface area contributed by atoms with Crippen molar-refractivity contribution in [2.45, 2.75) is 63.0 Å². The molecule has 2 aliphatic rings. The van der Waals surface area contributed by atoms with E-state index in [9.17, 15) is 36.2 Å². The number of alkyl halides is 6. The van der Waals surface area contributed by atoms with E-state index >= 15 is 0 Å². The predicted octanol–water partition coefficient (Wildman–Crippen LogP) is 3.27. The monoisotopic (exact) mass is 347 g/mol. The van der Waals surface area contributed by atoms with E-state index in [2.05, 4.69) is 0 Å². The molecule has 1 heterocycles. The maximum absolute atomic E-state index is 12.8. The van der Waals surface area contributed by atoms with E-state index in [0.29, 0.717) is 6.42 Å². The first-order valence-corrected chi connectivity index (χ1v) is 7.63. The number of carbonyl (C=O) groups is 1. The highest BCUT2D eigenvalue weighted by atomic mass is 19.4. The molecule has 0 radical (unpaired) electrons. The third kappa shape index (κ3) is 4.10. The van der Waals surface area contributed by atoms with Gasteiger partial charge in [0.2, 0.25) is 5.91 Å². The van der Waals surface area contributed by atoms with Gasteiger partial charge < -0.3 is 10.0 Å². The van der Waals surface area contributed by atoms with Gasteiger partial charge in [-0.25, -0.2) is 0 Å². The summed E-state index contributed by atoms with van der Waals surface area (Å²) in [6.07, 6.45) is -11.6. The Kier molecular flexibility index (Phi) is 5.18. The van der Waals surface area contributed by atoms with E-state index in [1.807, 2.05) is 0 Å². The Balaban J connectivity index is 2.07. The number of halogens is 6. The molecule has 0 unspecified atom stereocenters. The molecule has 2 fully saturated rings. The van der Waals surface area contributed by atoms with Gasteiger partial charge in [-0.15, -0.1) is 0 Å². The van der Waals surface area contributed by atoms with Gasteiger partial charge in [-0.05, 0) is 32.1 Å². The molecule has 3 nitrogen and oxygen atoms in total. The third-order valence-electron chi connectivity index (χ3n) is 4.77. The summed E-state index contributed by atoms with van der Waals surface area (Å²) in [5, 5.41) is 9.39. The Morgan fingerprint density at radius 2 is 1.70 bits per heavy atom. The fourth-order valence-corrected chi connectivity index (χ4v) is 3.56. The van der Waals surface area contributed by atoms with Crippen LogP contribution in [0, 0.1) is 11.8 Å². The molecular formula is C14H19F6NO2. The number of amides is 1. The first-order chi connectivity index (χ1) is 10.5. The fourth-order valence-electron chi connectivity index (χ4n) is 3.56. The summed E-state index contributed by atoms with van der Waals surface area (Å²) >= 11 is 0. The summed E-state index contributed by atoms with van der Waals surface area (Å²) in [5.41, 5.74) is 0. The lowest BCUT2D eigenvalue weighted by Crippen LogP contribution is -2.51. The second kappa shape index (κ2) is 6.49. The largest absolute Gasteiger partial charge is 0.416 e. The summed E-state index contributed by atoms with van der Waals surface area (Å²) in [5.74, 6) is -3.19. The van der Waals surface area contributed by atoms with Gasteiger partial charge in [-0.2, -0.15) is 26.3 Å². The molecule has 23 heavy (non-hydrogen) atoms. The minimum Gasteiger partial charge on any atom is -0.382 e. The summed E-state index contributed by atoms with van der Waals surface area (Å²) in [6.45, 7) is 0.0455. The molecule has 1 amide bonds. The smallest absolute Gasteiger partial charge is 0.382 e. The summed E-state index contributed by atoms with van der Waals surface area (Å²) < 4.78 is 76.4. The Labute approximate surface area is 129 Å². The molecule has 1 aliphatic carbocycles. The molecule has 1 saturated carbocycles. The zero-order valence-corrected chi connectivity index (χ0v) is 12.3. The molecule has 4 atom stereocenters. The van der Waals surface area contributed by atoms with Gasteiger partial charge in [0.25, 0.3) is 0 Å². The zero-order chi connectivity index (χ0) is 17.4. The van der Waals surface area contributed by atoms with Gasteiger partial charge in [0.1, 0.15) is 0 Å². The lowest BCUT2D eigenvalue weighted by Gasteiger charge is -2.35. The maximum Gasteiger partial charge on any atom is 0.416 e. The molecule has 2 rings (SSSR count). The number of carbonyl (C=O) groups excluding carboxylic acids is 1. The Morgan fingerprint density at radius 1 is 1.04 bits per heavy atom. The van der Waals surface area contributed by atoms with Crippen molar-refractivity contribution in [3.05, 3.63) is 0 Å². The van der Waals surface area contributed by atoms with Crippen molar-refractivity contribution >= 4 is 5.91 Å². The van der Waals surface area contributed by atoms with Crippen LogP contribution < -0.4 is 0 Å². The second-order valence-electron chi connectivity index (χ2n) is 6.33. The van der Waals surface area contributed by atoms with Gasteiger partial charge in [0, 0.05) is 12.5 Å². The minimum atomic E-state index is -4.85. The number of nitrogens with zero attached hydrogens (tertiary/aromatic N) is 1.